The first-order chi connectivity index (χ1) is 10.0. The highest BCUT2D eigenvalue weighted by atomic mass is 35.5. The number of aliphatic hydroxyl groups excluding tert-OH is 2. The van der Waals surface area contributed by atoms with Gasteiger partial charge in [-0.15, -0.1) is 0 Å². The molecule has 0 unspecified atom stereocenters. The van der Waals surface area contributed by atoms with Gasteiger partial charge in [0.2, 0.25) is 0 Å². The molecule has 21 heavy (non-hydrogen) atoms. The van der Waals surface area contributed by atoms with Gasteiger partial charge in [0.15, 0.2) is 0 Å². The molecule has 0 aliphatic heterocycles. The lowest BCUT2D eigenvalue weighted by atomic mass is 9.78. The van der Waals surface area contributed by atoms with Crippen LogP contribution in [0.25, 0.3) is 0 Å². The van der Waals surface area contributed by atoms with Crippen molar-refractivity contribution in [3.8, 4) is 0 Å². The topological polar surface area (TPSA) is 71.2 Å². The summed E-state index contributed by atoms with van der Waals surface area (Å²) >= 11 is 6.24. The van der Waals surface area contributed by atoms with Gasteiger partial charge >= 0.3 is 0 Å². The van der Waals surface area contributed by atoms with Crippen LogP contribution in [0.1, 0.15) is 31.3 Å². The molecule has 0 saturated carbocycles. The second-order valence-electron chi connectivity index (χ2n) is 5.47. The van der Waals surface area contributed by atoms with Crippen molar-refractivity contribution in [1.29, 1.82) is 0 Å². The van der Waals surface area contributed by atoms with E-state index in [9.17, 15) is 10.2 Å². The molecule has 1 aromatic heterocycles. The van der Waals surface area contributed by atoms with Crippen LogP contribution in [0.15, 0.2) is 30.6 Å². The van der Waals surface area contributed by atoms with Crippen LogP contribution < -0.4 is 0 Å². The molecule has 0 aliphatic rings. The average Bonchev–Trinajstić information content (AvgIpc) is 2.94. The molecule has 1 aromatic carbocycles. The quantitative estimate of drug-likeness (QED) is 0.856. The third-order valence-corrected chi connectivity index (χ3v) is 4.01. The van der Waals surface area contributed by atoms with Crippen molar-refractivity contribution in [3.63, 3.8) is 0 Å². The number of rotatable bonds is 6. The predicted octanol–water partition coefficient (Wildman–Crippen LogP) is 1.98. The normalized spacial score (nSPS) is 12.1. The Hall–Kier alpha value is -1.43. The van der Waals surface area contributed by atoms with E-state index in [1.807, 2.05) is 32.0 Å². The molecule has 0 amide bonds. The fourth-order valence-electron chi connectivity index (χ4n) is 2.45. The van der Waals surface area contributed by atoms with E-state index >= 15 is 0 Å². The minimum absolute atomic E-state index is 0.156. The van der Waals surface area contributed by atoms with E-state index in [0.29, 0.717) is 17.3 Å². The van der Waals surface area contributed by atoms with Gasteiger partial charge in [0.1, 0.15) is 12.2 Å². The van der Waals surface area contributed by atoms with Crippen LogP contribution in [0.3, 0.4) is 0 Å². The zero-order chi connectivity index (χ0) is 15.5. The second kappa shape index (κ2) is 6.56. The Kier molecular flexibility index (Phi) is 4.98. The molecule has 1 heterocycles. The van der Waals surface area contributed by atoms with Crippen LogP contribution in [0, 0.1) is 0 Å². The lowest BCUT2D eigenvalue weighted by Gasteiger charge is -2.31. The van der Waals surface area contributed by atoms with Crippen LogP contribution in [-0.4, -0.2) is 38.2 Å². The van der Waals surface area contributed by atoms with Gasteiger partial charge in [0, 0.05) is 17.5 Å². The fraction of sp³-hybridized carbons (Fsp3) is 0.467. The number of halogens is 1. The lowest BCUT2D eigenvalue weighted by Crippen LogP contribution is -2.38. The van der Waals surface area contributed by atoms with Crippen LogP contribution >= 0.6 is 11.6 Å². The number of aromatic nitrogens is 3. The maximum atomic E-state index is 9.91. The smallest absolute Gasteiger partial charge is 0.138 e. The molecule has 6 heteroatoms. The van der Waals surface area contributed by atoms with E-state index in [4.69, 9.17) is 11.6 Å². The van der Waals surface area contributed by atoms with Gasteiger partial charge in [0.25, 0.3) is 0 Å². The Morgan fingerprint density at radius 2 is 1.90 bits per heavy atom. The first-order valence-corrected chi connectivity index (χ1v) is 7.27. The van der Waals surface area contributed by atoms with E-state index in [1.165, 1.54) is 6.33 Å². The molecule has 0 spiro atoms. The molecule has 0 saturated heterocycles. The van der Waals surface area contributed by atoms with Crippen molar-refractivity contribution in [2.45, 2.75) is 31.7 Å². The highest BCUT2D eigenvalue weighted by Gasteiger charge is 2.35. The van der Waals surface area contributed by atoms with Crippen molar-refractivity contribution in [3.05, 3.63) is 47.0 Å². The highest BCUT2D eigenvalue weighted by molar-refractivity contribution is 6.31. The van der Waals surface area contributed by atoms with Crippen molar-refractivity contribution in [2.24, 2.45) is 0 Å². The molecule has 5 nitrogen and oxygen atoms in total. The van der Waals surface area contributed by atoms with E-state index in [-0.39, 0.29) is 19.3 Å². The third-order valence-electron chi connectivity index (χ3n) is 3.68. The summed E-state index contributed by atoms with van der Waals surface area (Å²) in [6.45, 7) is 3.57. The first kappa shape index (κ1) is 15.9. The molecule has 0 atom stereocenters. The SMILES string of the molecule is CC(C)n1ncnc1CC(CO)(CO)c1ccccc1Cl. The van der Waals surface area contributed by atoms with Crippen molar-refractivity contribution in [1.82, 2.24) is 14.8 Å². The van der Waals surface area contributed by atoms with Crippen LogP contribution in [0.2, 0.25) is 5.02 Å². The number of aliphatic hydroxyl groups is 2. The van der Waals surface area contributed by atoms with Gasteiger partial charge in [-0.3, -0.25) is 0 Å². The van der Waals surface area contributed by atoms with Gasteiger partial charge in [0.05, 0.1) is 18.6 Å². The minimum Gasteiger partial charge on any atom is -0.395 e. The standard InChI is InChI=1S/C15H20ClN3O2/c1-11(2)19-14(17-10-18-19)7-15(8-20,9-21)12-5-3-4-6-13(12)16/h3-6,10-11,20-21H,7-9H2,1-2H3. The summed E-state index contributed by atoms with van der Waals surface area (Å²) in [5.74, 6) is 0.716. The van der Waals surface area contributed by atoms with Gasteiger partial charge < -0.3 is 10.2 Å². The van der Waals surface area contributed by atoms with Gasteiger partial charge in [-0.2, -0.15) is 5.10 Å². The summed E-state index contributed by atoms with van der Waals surface area (Å²) in [7, 11) is 0. The maximum Gasteiger partial charge on any atom is 0.138 e. The van der Waals surface area contributed by atoms with Crippen LogP contribution in [0.4, 0.5) is 0 Å². The van der Waals surface area contributed by atoms with Gasteiger partial charge in [-0.25, -0.2) is 9.67 Å². The molecule has 114 valence electrons. The maximum absolute atomic E-state index is 9.91. The van der Waals surface area contributed by atoms with E-state index in [0.717, 1.165) is 5.56 Å². The fourth-order valence-corrected chi connectivity index (χ4v) is 2.79. The molecular weight excluding hydrogens is 290 g/mol. The summed E-state index contributed by atoms with van der Waals surface area (Å²) in [6.07, 6.45) is 1.85. The first-order valence-electron chi connectivity index (χ1n) is 6.89. The Morgan fingerprint density at radius 3 is 2.48 bits per heavy atom. The van der Waals surface area contributed by atoms with Crippen molar-refractivity contribution in [2.75, 3.05) is 13.2 Å². The molecule has 0 bridgehead atoms. The van der Waals surface area contributed by atoms with Crippen LogP contribution in [0.5, 0.6) is 0 Å². The number of hydrogen-bond acceptors (Lipinski definition) is 4. The summed E-state index contributed by atoms with van der Waals surface area (Å²) in [4.78, 5) is 4.26. The summed E-state index contributed by atoms with van der Waals surface area (Å²) in [6, 6.07) is 7.40. The molecular formula is C15H20ClN3O2. The largest absolute Gasteiger partial charge is 0.395 e. The summed E-state index contributed by atoms with van der Waals surface area (Å²) in [5, 5.41) is 24.5. The third kappa shape index (κ3) is 3.10. The van der Waals surface area contributed by atoms with Crippen molar-refractivity contribution < 1.29 is 10.2 Å². The zero-order valence-electron chi connectivity index (χ0n) is 12.2. The summed E-state index contributed by atoms with van der Waals surface area (Å²) in [5.41, 5.74) is -0.159. The molecule has 0 fully saturated rings. The number of nitrogens with zero attached hydrogens (tertiary/aromatic N) is 3. The molecule has 0 aliphatic carbocycles. The Bertz CT molecular complexity index is 594. The molecule has 2 N–H and O–H groups in total. The Morgan fingerprint density at radius 1 is 1.24 bits per heavy atom. The van der Waals surface area contributed by atoms with Gasteiger partial charge in [-0.1, -0.05) is 29.8 Å². The zero-order valence-corrected chi connectivity index (χ0v) is 13.0. The highest BCUT2D eigenvalue weighted by Crippen LogP contribution is 2.33. The Balaban J connectivity index is 2.44. The second-order valence-corrected chi connectivity index (χ2v) is 5.87. The molecule has 0 radical (unpaired) electrons. The minimum atomic E-state index is -0.877. The number of benzene rings is 1. The monoisotopic (exact) mass is 309 g/mol. The van der Waals surface area contributed by atoms with Crippen LogP contribution in [-0.2, 0) is 11.8 Å². The predicted molar refractivity (Wildman–Crippen MR) is 81.4 cm³/mol. The van der Waals surface area contributed by atoms with E-state index in [1.54, 1.807) is 10.7 Å². The van der Waals surface area contributed by atoms with E-state index in [2.05, 4.69) is 10.1 Å². The Labute approximate surface area is 129 Å². The van der Waals surface area contributed by atoms with Gasteiger partial charge in [-0.05, 0) is 25.5 Å². The lowest BCUT2D eigenvalue weighted by molar-refractivity contribution is 0.113. The number of hydrogen-bond donors (Lipinski definition) is 2. The van der Waals surface area contributed by atoms with E-state index < -0.39 is 5.41 Å². The molecule has 2 rings (SSSR count). The summed E-state index contributed by atoms with van der Waals surface area (Å²) < 4.78 is 1.79. The van der Waals surface area contributed by atoms with Crippen molar-refractivity contribution >= 4 is 11.6 Å². The molecule has 2 aromatic rings. The average molecular weight is 310 g/mol.